The lowest BCUT2D eigenvalue weighted by molar-refractivity contribution is 0.252. The molecule has 3 N–H and O–H groups in total. The highest BCUT2D eigenvalue weighted by atomic mass is 32.2. The van der Waals surface area contributed by atoms with E-state index in [0.29, 0.717) is 30.4 Å². The highest BCUT2D eigenvalue weighted by Gasteiger charge is 2.26. The number of rotatable bonds is 7. The fourth-order valence-corrected chi connectivity index (χ4v) is 2.99. The first kappa shape index (κ1) is 17.2. The van der Waals surface area contributed by atoms with Gasteiger partial charge in [0.15, 0.2) is 0 Å². The van der Waals surface area contributed by atoms with Crippen LogP contribution in [0.4, 0.5) is 0 Å². The van der Waals surface area contributed by atoms with Gasteiger partial charge in [0.1, 0.15) is 0 Å². The van der Waals surface area contributed by atoms with Gasteiger partial charge in [-0.05, 0) is 24.3 Å². The normalized spacial score (nSPS) is 13.2. The van der Waals surface area contributed by atoms with E-state index in [-0.39, 0.29) is 5.41 Å². The van der Waals surface area contributed by atoms with Gasteiger partial charge in [-0.1, -0.05) is 27.7 Å². The fourth-order valence-electron chi connectivity index (χ4n) is 1.71. The lowest BCUT2D eigenvalue weighted by Gasteiger charge is -2.29. The van der Waals surface area contributed by atoms with Crippen LogP contribution < -0.4 is 10.5 Å². The van der Waals surface area contributed by atoms with E-state index in [1.54, 1.807) is 12.3 Å². The summed E-state index contributed by atoms with van der Waals surface area (Å²) in [4.78, 5) is 0.291. The Morgan fingerprint density at radius 1 is 1.40 bits per heavy atom. The van der Waals surface area contributed by atoms with Gasteiger partial charge in [0, 0.05) is 31.5 Å². The lowest BCUT2D eigenvalue weighted by atomic mass is 9.81. The standard InChI is InChI=1S/C14H27N3O2S/c1-6-17-9-13(7-12(17)8-15)20(18,19)16-10-14(4,5)11(2)3/h7,9,11,16H,6,8,10,15H2,1-5H3. The predicted octanol–water partition coefficient (Wildman–Crippen LogP) is 1.93. The number of nitrogens with zero attached hydrogens (tertiary/aromatic N) is 1. The van der Waals surface area contributed by atoms with Crippen LogP contribution in [0.25, 0.3) is 0 Å². The Morgan fingerprint density at radius 3 is 2.40 bits per heavy atom. The maximum atomic E-state index is 12.3. The summed E-state index contributed by atoms with van der Waals surface area (Å²) in [5.41, 5.74) is 6.37. The van der Waals surface area contributed by atoms with E-state index in [1.807, 2.05) is 11.5 Å². The summed E-state index contributed by atoms with van der Waals surface area (Å²) in [5, 5.41) is 0. The van der Waals surface area contributed by atoms with Gasteiger partial charge in [0.25, 0.3) is 0 Å². The number of nitrogens with two attached hydrogens (primary N) is 1. The summed E-state index contributed by atoms with van der Waals surface area (Å²) in [6, 6.07) is 1.65. The molecule has 0 fully saturated rings. The molecule has 20 heavy (non-hydrogen) atoms. The molecule has 0 radical (unpaired) electrons. The molecule has 0 aliphatic rings. The smallest absolute Gasteiger partial charge is 0.242 e. The number of hydrogen-bond acceptors (Lipinski definition) is 3. The van der Waals surface area contributed by atoms with Crippen LogP contribution in [0, 0.1) is 11.3 Å². The Morgan fingerprint density at radius 2 is 2.00 bits per heavy atom. The van der Waals surface area contributed by atoms with E-state index in [4.69, 9.17) is 5.73 Å². The molecule has 5 nitrogen and oxygen atoms in total. The summed E-state index contributed by atoms with van der Waals surface area (Å²) >= 11 is 0. The second-order valence-electron chi connectivity index (χ2n) is 6.13. The number of aryl methyl sites for hydroxylation is 1. The Kier molecular flexibility index (Phi) is 5.40. The minimum Gasteiger partial charge on any atom is -0.349 e. The van der Waals surface area contributed by atoms with Gasteiger partial charge in [-0.25, -0.2) is 13.1 Å². The minimum absolute atomic E-state index is 0.0862. The monoisotopic (exact) mass is 301 g/mol. The molecule has 0 aromatic carbocycles. The molecule has 0 bridgehead atoms. The van der Waals surface area contributed by atoms with Gasteiger partial charge in [-0.2, -0.15) is 0 Å². The zero-order valence-electron chi connectivity index (χ0n) is 13.1. The third-order valence-electron chi connectivity index (χ3n) is 4.10. The molecule has 0 saturated heterocycles. The molecular weight excluding hydrogens is 274 g/mol. The predicted molar refractivity (Wildman–Crippen MR) is 81.8 cm³/mol. The van der Waals surface area contributed by atoms with Crippen LogP contribution in [-0.4, -0.2) is 19.5 Å². The van der Waals surface area contributed by atoms with Crippen molar-refractivity contribution in [3.8, 4) is 0 Å². The van der Waals surface area contributed by atoms with Crippen LogP contribution in [0.3, 0.4) is 0 Å². The Hall–Kier alpha value is -0.850. The first-order valence-electron chi connectivity index (χ1n) is 7.03. The zero-order valence-corrected chi connectivity index (χ0v) is 13.9. The van der Waals surface area contributed by atoms with E-state index < -0.39 is 10.0 Å². The van der Waals surface area contributed by atoms with Crippen molar-refractivity contribution in [3.05, 3.63) is 18.0 Å². The molecule has 1 heterocycles. The SMILES string of the molecule is CCn1cc(S(=O)(=O)NCC(C)(C)C(C)C)cc1CN. The van der Waals surface area contributed by atoms with Crippen LogP contribution in [0.2, 0.25) is 0 Å². The molecule has 1 rings (SSSR count). The number of sulfonamides is 1. The highest BCUT2D eigenvalue weighted by molar-refractivity contribution is 7.89. The van der Waals surface area contributed by atoms with E-state index in [0.717, 1.165) is 5.69 Å². The molecule has 1 aromatic heterocycles. The van der Waals surface area contributed by atoms with Crippen LogP contribution in [0.1, 0.15) is 40.3 Å². The maximum Gasteiger partial charge on any atom is 0.242 e. The van der Waals surface area contributed by atoms with Crippen molar-refractivity contribution in [2.45, 2.75) is 52.6 Å². The molecule has 0 spiro atoms. The van der Waals surface area contributed by atoms with E-state index in [1.165, 1.54) is 0 Å². The number of nitrogens with one attached hydrogen (secondary N) is 1. The Bertz CT molecular complexity index is 523. The summed E-state index contributed by atoms with van der Waals surface area (Å²) in [6.07, 6.45) is 1.65. The summed E-state index contributed by atoms with van der Waals surface area (Å²) in [6.45, 7) is 11.7. The average molecular weight is 301 g/mol. The summed E-state index contributed by atoms with van der Waals surface area (Å²) < 4.78 is 29.2. The van der Waals surface area contributed by atoms with Crippen LogP contribution in [-0.2, 0) is 23.1 Å². The molecule has 1 aromatic rings. The molecule has 0 unspecified atom stereocenters. The summed E-state index contributed by atoms with van der Waals surface area (Å²) in [7, 11) is -3.48. The van der Waals surface area contributed by atoms with Crippen molar-refractivity contribution >= 4 is 10.0 Å². The van der Waals surface area contributed by atoms with Crippen LogP contribution in [0.5, 0.6) is 0 Å². The van der Waals surface area contributed by atoms with Crippen LogP contribution in [0.15, 0.2) is 17.2 Å². The van der Waals surface area contributed by atoms with E-state index in [9.17, 15) is 8.42 Å². The van der Waals surface area contributed by atoms with Gasteiger partial charge in [0.2, 0.25) is 10.0 Å². The van der Waals surface area contributed by atoms with Crippen molar-refractivity contribution in [1.82, 2.24) is 9.29 Å². The third-order valence-corrected chi connectivity index (χ3v) is 5.47. The molecule has 0 amide bonds. The van der Waals surface area contributed by atoms with Gasteiger partial charge in [0.05, 0.1) is 4.90 Å². The molecule has 0 aliphatic heterocycles. The van der Waals surface area contributed by atoms with Crippen molar-refractivity contribution in [3.63, 3.8) is 0 Å². The molecule has 6 heteroatoms. The quantitative estimate of drug-likeness (QED) is 0.808. The topological polar surface area (TPSA) is 77.1 Å². The van der Waals surface area contributed by atoms with Crippen molar-refractivity contribution in [2.24, 2.45) is 17.1 Å². The van der Waals surface area contributed by atoms with Gasteiger partial charge < -0.3 is 10.3 Å². The highest BCUT2D eigenvalue weighted by Crippen LogP contribution is 2.25. The van der Waals surface area contributed by atoms with Gasteiger partial charge >= 0.3 is 0 Å². The Balaban J connectivity index is 2.92. The molecule has 0 atom stereocenters. The molecule has 0 saturated carbocycles. The average Bonchev–Trinajstić information content (AvgIpc) is 2.80. The summed E-state index contributed by atoms with van der Waals surface area (Å²) in [5.74, 6) is 0.394. The van der Waals surface area contributed by atoms with E-state index >= 15 is 0 Å². The largest absolute Gasteiger partial charge is 0.349 e. The van der Waals surface area contributed by atoms with E-state index in [2.05, 4.69) is 32.4 Å². The fraction of sp³-hybridized carbons (Fsp3) is 0.714. The molecule has 116 valence electrons. The van der Waals surface area contributed by atoms with Crippen molar-refractivity contribution in [1.29, 1.82) is 0 Å². The second-order valence-corrected chi connectivity index (χ2v) is 7.89. The lowest BCUT2D eigenvalue weighted by Crippen LogP contribution is -2.36. The van der Waals surface area contributed by atoms with Gasteiger partial charge in [-0.15, -0.1) is 0 Å². The zero-order chi connectivity index (χ0) is 15.6. The minimum atomic E-state index is -3.48. The van der Waals surface area contributed by atoms with Gasteiger partial charge in [-0.3, -0.25) is 0 Å². The second kappa shape index (κ2) is 6.28. The first-order chi connectivity index (χ1) is 9.14. The molecular formula is C14H27N3O2S. The van der Waals surface area contributed by atoms with Crippen molar-refractivity contribution < 1.29 is 8.42 Å². The first-order valence-corrected chi connectivity index (χ1v) is 8.51. The third kappa shape index (κ3) is 3.84. The maximum absolute atomic E-state index is 12.3. The number of hydrogen-bond donors (Lipinski definition) is 2. The Labute approximate surface area is 122 Å². The van der Waals surface area contributed by atoms with Crippen LogP contribution >= 0.6 is 0 Å². The number of aromatic nitrogens is 1. The molecule has 0 aliphatic carbocycles. The van der Waals surface area contributed by atoms with Crippen molar-refractivity contribution in [2.75, 3.05) is 6.54 Å².